The third-order valence-corrected chi connectivity index (χ3v) is 15.9. The summed E-state index contributed by atoms with van der Waals surface area (Å²) in [4.78, 5) is 82.4. The summed E-state index contributed by atoms with van der Waals surface area (Å²) >= 11 is 1.61. The van der Waals surface area contributed by atoms with Gasteiger partial charge in [0.15, 0.2) is 0 Å². The molecule has 6 aromatic carbocycles. The van der Waals surface area contributed by atoms with Crippen LogP contribution < -0.4 is 31.9 Å². The summed E-state index contributed by atoms with van der Waals surface area (Å²) < 4.78 is -0.648. The van der Waals surface area contributed by atoms with Gasteiger partial charge in [0.05, 0.1) is 10.2 Å². The van der Waals surface area contributed by atoms with E-state index in [-0.39, 0.29) is 42.5 Å². The highest BCUT2D eigenvalue weighted by Crippen LogP contribution is 2.48. The van der Waals surface area contributed by atoms with Crippen LogP contribution in [0.25, 0.3) is 10.8 Å². The molecule has 1 heterocycles. The van der Waals surface area contributed by atoms with E-state index in [0.29, 0.717) is 89.8 Å². The number of piperidine rings is 1. The first kappa shape index (κ1) is 57.3. The standard InChI is InChI=1S/C63H75N7O6S/c1-3-64-60(75)62(44-48-24-9-4-10-25-48)37-23-41-70(46-62)59(74)55(43-49-35-36-50-26-18-19-27-51(50)42-49)69-61(76)67-40-22-21-38-65-57(72)34-17-8-20-39-66-58(73)56(68-47(2)71)45-77-63(52-28-11-5-12-29-52,53-30-13-6-14-31-53)54-32-15-7-16-33-54/h4-7,9-16,18-19,24-33,35-36,42,55-56H,3,8,17,20-23,34,37-41,43-46H2,1-2H3,(H,64,75)(H,65,72)(H,66,73)(H,68,71)(H2,67,69,76)/t55-,56?,62+/m1/s1. The lowest BCUT2D eigenvalue weighted by molar-refractivity contribution is -0.143. The van der Waals surface area contributed by atoms with Gasteiger partial charge in [-0.2, -0.15) is 0 Å². The molecule has 404 valence electrons. The largest absolute Gasteiger partial charge is 0.356 e. The summed E-state index contributed by atoms with van der Waals surface area (Å²) in [6.45, 7) is 5.75. The van der Waals surface area contributed by atoms with E-state index in [9.17, 15) is 28.8 Å². The van der Waals surface area contributed by atoms with Gasteiger partial charge in [-0.25, -0.2) is 4.79 Å². The van der Waals surface area contributed by atoms with E-state index in [1.54, 1.807) is 16.7 Å². The molecule has 0 spiro atoms. The molecule has 1 aliphatic rings. The van der Waals surface area contributed by atoms with Crippen molar-refractivity contribution in [1.82, 2.24) is 36.8 Å². The first-order valence-corrected chi connectivity index (χ1v) is 28.2. The Labute approximate surface area is 458 Å². The highest BCUT2D eigenvalue weighted by atomic mass is 32.2. The van der Waals surface area contributed by atoms with Gasteiger partial charge in [-0.1, -0.05) is 170 Å². The maximum absolute atomic E-state index is 14.6. The van der Waals surface area contributed by atoms with Crippen molar-refractivity contribution >= 4 is 58.1 Å². The SMILES string of the molecule is CCNC(=O)[C@]1(Cc2ccccc2)CCCN(C(=O)[C@@H](Cc2ccc3ccccc3c2)NC(=O)NCCCCNC(=O)CCCCCNC(=O)C(CSC(c2ccccc2)(c2ccccc2)c2ccccc2)NC(C)=O)C1. The molecule has 0 radical (unpaired) electrons. The number of fused-ring (bicyclic) bond motifs is 1. The number of amides is 7. The number of nitrogens with one attached hydrogen (secondary N) is 6. The molecule has 6 N–H and O–H groups in total. The number of hydrogen-bond donors (Lipinski definition) is 6. The second-order valence-electron chi connectivity index (χ2n) is 20.0. The molecule has 0 aliphatic carbocycles. The van der Waals surface area contributed by atoms with Crippen molar-refractivity contribution in [2.75, 3.05) is 45.0 Å². The van der Waals surface area contributed by atoms with Gasteiger partial charge in [0.2, 0.25) is 29.5 Å². The minimum absolute atomic E-state index is 0.0612. The summed E-state index contributed by atoms with van der Waals surface area (Å²) in [5, 5.41) is 20.0. The second-order valence-corrected chi connectivity index (χ2v) is 21.2. The zero-order valence-corrected chi connectivity index (χ0v) is 45.4. The van der Waals surface area contributed by atoms with Crippen LogP contribution in [-0.4, -0.2) is 97.6 Å². The van der Waals surface area contributed by atoms with Gasteiger partial charge in [-0.15, -0.1) is 11.8 Å². The molecule has 13 nitrogen and oxygen atoms in total. The van der Waals surface area contributed by atoms with Crippen molar-refractivity contribution in [2.24, 2.45) is 5.41 Å². The van der Waals surface area contributed by atoms with E-state index in [2.05, 4.69) is 74.4 Å². The molecule has 7 amide bonds. The lowest BCUT2D eigenvalue weighted by atomic mass is 9.74. The molecule has 1 saturated heterocycles. The van der Waals surface area contributed by atoms with Crippen LogP contribution in [0.3, 0.4) is 0 Å². The molecular formula is C63H75N7O6S. The average Bonchev–Trinajstić information content (AvgIpc) is 3.46. The molecule has 1 fully saturated rings. The Kier molecular flexibility index (Phi) is 21.7. The summed E-state index contributed by atoms with van der Waals surface area (Å²) in [5.41, 5.74) is 4.33. The fourth-order valence-electron chi connectivity index (χ4n) is 10.4. The summed E-state index contributed by atoms with van der Waals surface area (Å²) in [7, 11) is 0. The van der Waals surface area contributed by atoms with Crippen LogP contribution in [0.1, 0.15) is 93.0 Å². The number of benzene rings is 6. The van der Waals surface area contributed by atoms with Crippen LogP contribution in [0.2, 0.25) is 0 Å². The summed E-state index contributed by atoms with van der Waals surface area (Å²) in [5.74, 6) is -0.578. The molecule has 14 heteroatoms. The Hall–Kier alpha value is -7.45. The van der Waals surface area contributed by atoms with Crippen LogP contribution in [-0.2, 0) is 41.6 Å². The smallest absolute Gasteiger partial charge is 0.315 e. The highest BCUT2D eigenvalue weighted by molar-refractivity contribution is 8.00. The average molecular weight is 1060 g/mol. The van der Waals surface area contributed by atoms with Gasteiger partial charge in [0.25, 0.3) is 0 Å². The first-order valence-electron chi connectivity index (χ1n) is 27.2. The van der Waals surface area contributed by atoms with Crippen molar-refractivity contribution in [3.63, 3.8) is 0 Å². The maximum Gasteiger partial charge on any atom is 0.315 e. The zero-order chi connectivity index (χ0) is 54.3. The summed E-state index contributed by atoms with van der Waals surface area (Å²) in [6.07, 6.45) is 5.75. The Morgan fingerprint density at radius 3 is 1.79 bits per heavy atom. The van der Waals surface area contributed by atoms with E-state index in [1.807, 2.05) is 128 Å². The fraction of sp³-hybridized carbons (Fsp3) is 0.365. The Balaban J connectivity index is 0.841. The lowest BCUT2D eigenvalue weighted by Crippen LogP contribution is -2.59. The van der Waals surface area contributed by atoms with E-state index >= 15 is 0 Å². The summed E-state index contributed by atoms with van der Waals surface area (Å²) in [6, 6.07) is 52.6. The van der Waals surface area contributed by atoms with Gasteiger partial charge >= 0.3 is 6.03 Å². The van der Waals surface area contributed by atoms with Gasteiger partial charge in [-0.05, 0) is 90.5 Å². The van der Waals surface area contributed by atoms with Gasteiger partial charge in [0, 0.05) is 64.8 Å². The number of nitrogens with zero attached hydrogens (tertiary/aromatic N) is 1. The van der Waals surface area contributed by atoms with E-state index < -0.39 is 28.3 Å². The Morgan fingerprint density at radius 1 is 0.597 bits per heavy atom. The number of rotatable bonds is 27. The molecule has 77 heavy (non-hydrogen) atoms. The number of urea groups is 1. The maximum atomic E-state index is 14.6. The van der Waals surface area contributed by atoms with Crippen molar-refractivity contribution in [1.29, 1.82) is 0 Å². The van der Waals surface area contributed by atoms with Gasteiger partial charge in [0.1, 0.15) is 12.1 Å². The number of hydrogen-bond acceptors (Lipinski definition) is 7. The molecule has 0 aromatic heterocycles. The number of thioether (sulfide) groups is 1. The predicted octanol–water partition coefficient (Wildman–Crippen LogP) is 8.84. The second kappa shape index (κ2) is 29.2. The Bertz CT molecular complexity index is 2760. The van der Waals surface area contributed by atoms with Crippen molar-refractivity contribution in [3.8, 4) is 0 Å². The van der Waals surface area contributed by atoms with Crippen LogP contribution in [0.15, 0.2) is 164 Å². The van der Waals surface area contributed by atoms with Crippen molar-refractivity contribution < 1.29 is 28.8 Å². The molecule has 0 saturated carbocycles. The minimum atomic E-state index is -0.871. The molecule has 6 aromatic rings. The number of likely N-dealkylation sites (tertiary alicyclic amines) is 1. The predicted molar refractivity (Wildman–Crippen MR) is 308 cm³/mol. The quantitative estimate of drug-likeness (QED) is 0.0221. The van der Waals surface area contributed by atoms with E-state index in [1.165, 1.54) is 6.92 Å². The van der Waals surface area contributed by atoms with Gasteiger partial charge in [-0.3, -0.25) is 24.0 Å². The van der Waals surface area contributed by atoms with Crippen molar-refractivity contribution in [2.45, 2.75) is 94.9 Å². The number of unbranched alkanes of at least 4 members (excludes halogenated alkanes) is 3. The third kappa shape index (κ3) is 16.3. The normalized spacial score (nSPS) is 15.1. The van der Waals surface area contributed by atoms with E-state index in [0.717, 1.165) is 45.0 Å². The van der Waals surface area contributed by atoms with E-state index in [4.69, 9.17) is 0 Å². The molecule has 7 rings (SSSR count). The van der Waals surface area contributed by atoms with Crippen LogP contribution in [0.5, 0.6) is 0 Å². The molecule has 1 unspecified atom stereocenters. The van der Waals surface area contributed by atoms with Crippen molar-refractivity contribution in [3.05, 3.63) is 192 Å². The fourth-order valence-corrected chi connectivity index (χ4v) is 12.0. The van der Waals surface area contributed by atoms with Crippen LogP contribution >= 0.6 is 11.8 Å². The zero-order valence-electron chi connectivity index (χ0n) is 44.6. The van der Waals surface area contributed by atoms with Gasteiger partial charge < -0.3 is 36.8 Å². The first-order chi connectivity index (χ1) is 37.5. The molecule has 0 bridgehead atoms. The topological polar surface area (TPSA) is 178 Å². The third-order valence-electron chi connectivity index (χ3n) is 14.2. The van der Waals surface area contributed by atoms with Crippen LogP contribution in [0.4, 0.5) is 4.79 Å². The number of carbonyl (C=O) groups is 6. The highest BCUT2D eigenvalue weighted by Gasteiger charge is 2.44. The lowest BCUT2D eigenvalue weighted by Gasteiger charge is -2.43. The van der Waals surface area contributed by atoms with Crippen LogP contribution in [0, 0.1) is 5.41 Å². The number of carbonyl (C=O) groups excluding carboxylic acids is 6. The molecule has 1 aliphatic heterocycles. The molecule has 3 atom stereocenters. The monoisotopic (exact) mass is 1060 g/mol. The minimum Gasteiger partial charge on any atom is -0.356 e. The Morgan fingerprint density at radius 2 is 1.17 bits per heavy atom. The molecular weight excluding hydrogens is 983 g/mol.